The van der Waals surface area contributed by atoms with Crippen molar-refractivity contribution in [2.75, 3.05) is 30.9 Å². The predicted molar refractivity (Wildman–Crippen MR) is 89.6 cm³/mol. The van der Waals surface area contributed by atoms with Gasteiger partial charge in [-0.25, -0.2) is 0 Å². The minimum atomic E-state index is -0.569. The number of nitrogens with zero attached hydrogens (tertiary/aromatic N) is 1. The molecule has 0 aliphatic carbocycles. The topological polar surface area (TPSA) is 114 Å². The number of amides is 1. The van der Waals surface area contributed by atoms with Crippen molar-refractivity contribution < 1.29 is 19.6 Å². The molecule has 0 bridgehead atoms. The van der Waals surface area contributed by atoms with E-state index in [1.165, 1.54) is 25.3 Å². The van der Waals surface area contributed by atoms with Crippen molar-refractivity contribution in [1.82, 2.24) is 0 Å². The molecule has 2 aromatic carbocycles. The summed E-state index contributed by atoms with van der Waals surface area (Å²) in [5, 5.41) is 25.4. The number of benzene rings is 2. The fourth-order valence-corrected chi connectivity index (χ4v) is 2.05. The number of aliphatic hydroxyl groups excluding tert-OH is 1. The van der Waals surface area contributed by atoms with Gasteiger partial charge in [0.15, 0.2) is 0 Å². The first-order valence-electron chi connectivity index (χ1n) is 7.13. The first-order valence-corrected chi connectivity index (χ1v) is 7.13. The molecule has 0 heterocycles. The number of anilines is 2. The molecule has 126 valence electrons. The highest BCUT2D eigenvalue weighted by molar-refractivity contribution is 6.08. The summed E-state index contributed by atoms with van der Waals surface area (Å²) < 4.78 is 5.04. The van der Waals surface area contributed by atoms with Crippen LogP contribution in [0.5, 0.6) is 5.75 Å². The Kier molecular flexibility index (Phi) is 5.69. The number of nitro groups is 1. The molecule has 1 amide bonds. The molecule has 0 aliphatic heterocycles. The molecule has 2 rings (SSSR count). The number of nitrogens with one attached hydrogen (secondary N) is 2. The van der Waals surface area contributed by atoms with Crippen LogP contribution >= 0.6 is 0 Å². The van der Waals surface area contributed by atoms with E-state index in [2.05, 4.69) is 10.6 Å². The van der Waals surface area contributed by atoms with Crippen LogP contribution in [-0.2, 0) is 0 Å². The largest absolute Gasteiger partial charge is 0.497 e. The number of nitro benzene ring substituents is 1. The average Bonchev–Trinajstić information content (AvgIpc) is 2.60. The Morgan fingerprint density at radius 1 is 1.25 bits per heavy atom. The molecule has 0 unspecified atom stereocenters. The van der Waals surface area contributed by atoms with Crippen LogP contribution in [0.4, 0.5) is 17.1 Å². The molecule has 0 atom stereocenters. The number of methoxy groups -OCH3 is 1. The number of hydrogen-bond donors (Lipinski definition) is 3. The predicted octanol–water partition coefficient (Wildman–Crippen LogP) is 2.26. The van der Waals surface area contributed by atoms with E-state index in [1.807, 2.05) is 0 Å². The van der Waals surface area contributed by atoms with Gasteiger partial charge in [-0.3, -0.25) is 14.9 Å². The number of hydrogen-bond acceptors (Lipinski definition) is 6. The Balaban J connectivity index is 2.27. The Hall–Kier alpha value is -3.13. The van der Waals surface area contributed by atoms with Gasteiger partial charge >= 0.3 is 0 Å². The van der Waals surface area contributed by atoms with Gasteiger partial charge in [-0.05, 0) is 30.3 Å². The quantitative estimate of drug-likeness (QED) is 0.530. The van der Waals surface area contributed by atoms with Gasteiger partial charge < -0.3 is 20.5 Å². The molecule has 24 heavy (non-hydrogen) atoms. The maximum atomic E-state index is 12.5. The van der Waals surface area contributed by atoms with E-state index in [4.69, 9.17) is 9.84 Å². The van der Waals surface area contributed by atoms with E-state index in [0.29, 0.717) is 17.1 Å². The summed E-state index contributed by atoms with van der Waals surface area (Å²) >= 11 is 0. The van der Waals surface area contributed by atoms with Gasteiger partial charge in [0.2, 0.25) is 0 Å². The summed E-state index contributed by atoms with van der Waals surface area (Å²) in [5.74, 6) is 0.151. The highest BCUT2D eigenvalue weighted by Gasteiger charge is 2.17. The third kappa shape index (κ3) is 4.20. The van der Waals surface area contributed by atoms with Crippen molar-refractivity contribution in [3.05, 3.63) is 58.1 Å². The van der Waals surface area contributed by atoms with Crippen molar-refractivity contribution in [3.63, 3.8) is 0 Å². The summed E-state index contributed by atoms with van der Waals surface area (Å²) in [6.45, 7) is 0.0944. The van der Waals surface area contributed by atoms with Crippen LogP contribution < -0.4 is 15.4 Å². The van der Waals surface area contributed by atoms with Crippen LogP contribution in [0.2, 0.25) is 0 Å². The number of carbonyl (C=O) groups excluding carboxylic acids is 1. The number of aliphatic hydroxyl groups is 1. The summed E-state index contributed by atoms with van der Waals surface area (Å²) in [6.07, 6.45) is 0. The summed E-state index contributed by atoms with van der Waals surface area (Å²) in [7, 11) is 1.54. The highest BCUT2D eigenvalue weighted by atomic mass is 16.6. The van der Waals surface area contributed by atoms with Gasteiger partial charge in [0, 0.05) is 30.1 Å². The van der Waals surface area contributed by atoms with Crippen molar-refractivity contribution >= 4 is 23.0 Å². The van der Waals surface area contributed by atoms with Gasteiger partial charge in [-0.15, -0.1) is 0 Å². The highest BCUT2D eigenvalue weighted by Crippen LogP contribution is 2.24. The fraction of sp³-hybridized carbons (Fsp3) is 0.188. The van der Waals surface area contributed by atoms with Gasteiger partial charge in [-0.2, -0.15) is 0 Å². The van der Waals surface area contributed by atoms with Crippen LogP contribution in [0, 0.1) is 10.1 Å². The molecule has 3 N–H and O–H groups in total. The van der Waals surface area contributed by atoms with Crippen molar-refractivity contribution in [2.45, 2.75) is 0 Å². The zero-order chi connectivity index (χ0) is 17.5. The SMILES string of the molecule is COc1ccc(NC(=O)c2cc([N+](=O)[O-])ccc2NCCO)cc1. The van der Waals surface area contributed by atoms with Gasteiger partial charge in [0.05, 0.1) is 24.2 Å². The van der Waals surface area contributed by atoms with Gasteiger partial charge in [-0.1, -0.05) is 0 Å². The van der Waals surface area contributed by atoms with E-state index in [-0.39, 0.29) is 24.4 Å². The first kappa shape index (κ1) is 17.2. The minimum absolute atomic E-state index is 0.119. The van der Waals surface area contributed by atoms with Gasteiger partial charge in [0.25, 0.3) is 11.6 Å². The molecule has 0 fully saturated rings. The number of carbonyl (C=O) groups is 1. The van der Waals surface area contributed by atoms with E-state index in [1.54, 1.807) is 24.3 Å². The first-order chi connectivity index (χ1) is 11.5. The Morgan fingerprint density at radius 2 is 1.96 bits per heavy atom. The van der Waals surface area contributed by atoms with E-state index < -0.39 is 10.8 Å². The Bertz CT molecular complexity index is 731. The molecule has 8 nitrogen and oxygen atoms in total. The molecule has 0 aromatic heterocycles. The van der Waals surface area contributed by atoms with Gasteiger partial charge in [0.1, 0.15) is 5.75 Å². The molecule has 8 heteroatoms. The van der Waals surface area contributed by atoms with Crippen molar-refractivity contribution in [1.29, 1.82) is 0 Å². The Labute approximate surface area is 138 Å². The molecule has 0 saturated heterocycles. The van der Waals surface area contributed by atoms with Crippen molar-refractivity contribution in [3.8, 4) is 5.75 Å². The maximum Gasteiger partial charge on any atom is 0.270 e. The third-order valence-electron chi connectivity index (χ3n) is 3.23. The number of ether oxygens (including phenoxy) is 1. The summed E-state index contributed by atoms with van der Waals surface area (Å²) in [4.78, 5) is 22.8. The second-order valence-corrected chi connectivity index (χ2v) is 4.82. The lowest BCUT2D eigenvalue weighted by Gasteiger charge is -2.12. The lowest BCUT2D eigenvalue weighted by Crippen LogP contribution is -2.16. The van der Waals surface area contributed by atoms with Crippen LogP contribution in [-0.4, -0.2) is 36.2 Å². The molecule has 0 saturated carbocycles. The molecule has 0 aliphatic rings. The molecular weight excluding hydrogens is 314 g/mol. The summed E-state index contributed by atoms with van der Waals surface area (Å²) in [5.41, 5.74) is 0.860. The van der Waals surface area contributed by atoms with E-state index >= 15 is 0 Å². The standard InChI is InChI=1S/C16H17N3O5/c1-24-13-5-2-11(3-6-13)18-16(21)14-10-12(19(22)23)4-7-15(14)17-8-9-20/h2-7,10,17,20H,8-9H2,1H3,(H,18,21). The van der Waals surface area contributed by atoms with Crippen LogP contribution in [0.25, 0.3) is 0 Å². The van der Waals surface area contributed by atoms with Crippen LogP contribution in [0.15, 0.2) is 42.5 Å². The zero-order valence-corrected chi connectivity index (χ0v) is 13.0. The average molecular weight is 331 g/mol. The van der Waals surface area contributed by atoms with Crippen LogP contribution in [0.3, 0.4) is 0 Å². The minimum Gasteiger partial charge on any atom is -0.497 e. The Morgan fingerprint density at radius 3 is 2.54 bits per heavy atom. The van der Waals surface area contributed by atoms with Crippen LogP contribution in [0.1, 0.15) is 10.4 Å². The molecule has 0 spiro atoms. The maximum absolute atomic E-state index is 12.5. The smallest absolute Gasteiger partial charge is 0.270 e. The second kappa shape index (κ2) is 7.93. The lowest BCUT2D eigenvalue weighted by atomic mass is 10.1. The molecular formula is C16H17N3O5. The number of rotatable bonds is 7. The zero-order valence-electron chi connectivity index (χ0n) is 13.0. The normalized spacial score (nSPS) is 10.1. The van der Waals surface area contributed by atoms with Crippen molar-refractivity contribution in [2.24, 2.45) is 0 Å². The monoisotopic (exact) mass is 331 g/mol. The number of non-ortho nitro benzene ring substituents is 1. The van der Waals surface area contributed by atoms with E-state index in [9.17, 15) is 14.9 Å². The second-order valence-electron chi connectivity index (χ2n) is 4.82. The fourth-order valence-electron chi connectivity index (χ4n) is 2.05. The lowest BCUT2D eigenvalue weighted by molar-refractivity contribution is -0.384. The van der Waals surface area contributed by atoms with E-state index in [0.717, 1.165) is 0 Å². The summed E-state index contributed by atoms with van der Waals surface area (Å²) in [6, 6.07) is 10.6. The molecule has 0 radical (unpaired) electrons. The third-order valence-corrected chi connectivity index (χ3v) is 3.23. The molecule has 2 aromatic rings.